The van der Waals surface area contributed by atoms with E-state index in [-0.39, 0.29) is 33.2 Å². The number of hydrogen-bond acceptors (Lipinski definition) is 7. The lowest BCUT2D eigenvalue weighted by molar-refractivity contribution is 0.111. The van der Waals surface area contributed by atoms with E-state index in [2.05, 4.69) is 130 Å². The summed E-state index contributed by atoms with van der Waals surface area (Å²) in [7, 11) is -5.07. The highest BCUT2D eigenvalue weighted by atomic mass is 32.2. The first-order valence-electron chi connectivity index (χ1n) is 15.9. The second-order valence-corrected chi connectivity index (χ2v) is 23.4. The van der Waals surface area contributed by atoms with Crippen LogP contribution in [-0.2, 0) is 19.5 Å². The number of rotatable bonds is 0. The number of hydrogen-bond donors (Lipinski definition) is 1. The van der Waals surface area contributed by atoms with Crippen molar-refractivity contribution < 1.29 is 12.6 Å². The third kappa shape index (κ3) is 11.8. The quantitative estimate of drug-likeness (QED) is 0.338. The van der Waals surface area contributed by atoms with Crippen LogP contribution in [0.3, 0.4) is 0 Å². The summed E-state index contributed by atoms with van der Waals surface area (Å²) >= 11 is 0. The van der Waals surface area contributed by atoms with E-state index < -0.39 is 19.5 Å². The van der Waals surface area contributed by atoms with E-state index in [9.17, 15) is 12.6 Å². The fourth-order valence-electron chi connectivity index (χ4n) is 5.35. The molecule has 0 radical (unpaired) electrons. The first-order chi connectivity index (χ1) is 18.6. The molecule has 3 rings (SSSR count). The van der Waals surface area contributed by atoms with Crippen molar-refractivity contribution in [2.24, 2.45) is 10.8 Å². The van der Waals surface area contributed by atoms with Gasteiger partial charge in [-0.3, -0.25) is 24.2 Å². The summed E-state index contributed by atoms with van der Waals surface area (Å²) in [5.41, 5.74) is 0.415. The van der Waals surface area contributed by atoms with Crippen LogP contribution in [0.1, 0.15) is 125 Å². The van der Waals surface area contributed by atoms with Gasteiger partial charge in [0.1, 0.15) is 5.88 Å². The van der Waals surface area contributed by atoms with E-state index in [1.165, 1.54) is 6.54 Å². The summed E-state index contributed by atoms with van der Waals surface area (Å²) < 4.78 is 38.5. The molecule has 43 heavy (non-hydrogen) atoms. The van der Waals surface area contributed by atoms with Gasteiger partial charge in [0.2, 0.25) is 0 Å². The molecule has 0 spiro atoms. The Kier molecular flexibility index (Phi) is 12.4. The van der Waals surface area contributed by atoms with E-state index in [1.54, 1.807) is 0 Å². The van der Waals surface area contributed by atoms with Gasteiger partial charge in [0.05, 0.1) is 17.8 Å². The van der Waals surface area contributed by atoms with Crippen molar-refractivity contribution in [3.8, 4) is 0 Å². The van der Waals surface area contributed by atoms with Gasteiger partial charge in [0.25, 0.3) is 0 Å². The minimum atomic E-state index is -2.95. The van der Waals surface area contributed by atoms with Gasteiger partial charge in [0, 0.05) is 57.7 Å². The molecule has 0 aliphatic carbocycles. The van der Waals surface area contributed by atoms with Gasteiger partial charge in [-0.25, -0.2) is 12.7 Å². The van der Waals surface area contributed by atoms with Gasteiger partial charge < -0.3 is 0 Å². The standard InChI is InChI=1S/C11H24N2OS.C11H24N2.C11H23NO2S/c1-10(2,3)12-8-13(11(4,5)6)15(7,14)9-12;1-10(2,3)9-7-13(8-12-9)11(4,5)6;1-10(2,3)9-7-12(11(4,5)6)8-15(9,13)14/h7-9H2,1-6H3;9,12H,7-8H2,1-6H3;9H,7-8H2,1-6H3. The van der Waals surface area contributed by atoms with Gasteiger partial charge in [-0.05, 0) is 99.8 Å². The van der Waals surface area contributed by atoms with Crippen molar-refractivity contribution in [2.75, 3.05) is 38.2 Å². The largest absolute Gasteiger partial charge is 0.300 e. The van der Waals surface area contributed by atoms with Crippen molar-refractivity contribution in [3.05, 3.63) is 0 Å². The molecule has 0 aromatic carbocycles. The van der Waals surface area contributed by atoms with E-state index in [4.69, 9.17) is 0 Å². The molecule has 1 N–H and O–H groups in total. The van der Waals surface area contributed by atoms with E-state index in [0.717, 1.165) is 13.3 Å². The molecule has 3 atom stereocenters. The first kappa shape index (κ1) is 40.8. The third-order valence-corrected chi connectivity index (χ3v) is 13.3. The van der Waals surface area contributed by atoms with E-state index in [1.807, 2.05) is 25.1 Å². The highest BCUT2D eigenvalue weighted by Gasteiger charge is 2.46. The molecule has 3 saturated heterocycles. The van der Waals surface area contributed by atoms with Crippen LogP contribution in [0, 0.1) is 10.8 Å². The number of nitrogens with one attached hydrogen (secondary N) is 1. The lowest BCUT2D eigenvalue weighted by Gasteiger charge is -2.34. The summed E-state index contributed by atoms with van der Waals surface area (Å²) in [4.78, 5) is 6.79. The average molecular weight is 650 g/mol. The minimum absolute atomic E-state index is 0.0559. The molecule has 0 aromatic heterocycles. The fourth-order valence-corrected chi connectivity index (χ4v) is 10.4. The van der Waals surface area contributed by atoms with Crippen molar-refractivity contribution in [2.45, 2.75) is 158 Å². The minimum Gasteiger partial charge on any atom is -0.300 e. The summed E-state index contributed by atoms with van der Waals surface area (Å²) in [6, 6.07) is 0.631. The average Bonchev–Trinajstić information content (AvgIpc) is 3.41. The van der Waals surface area contributed by atoms with Crippen molar-refractivity contribution in [1.29, 1.82) is 0 Å². The zero-order valence-electron chi connectivity index (χ0n) is 31.4. The molecule has 3 fully saturated rings. The Hall–Kier alpha value is -0.230. The molecule has 3 heterocycles. The van der Waals surface area contributed by atoms with E-state index in [0.29, 0.717) is 29.4 Å². The van der Waals surface area contributed by atoms with Crippen molar-refractivity contribution in [1.82, 2.24) is 24.3 Å². The maximum Gasteiger partial charge on any atom is 0.168 e. The monoisotopic (exact) mass is 649 g/mol. The number of nitrogens with zero attached hydrogens (tertiary/aromatic N) is 4. The van der Waals surface area contributed by atoms with Gasteiger partial charge in [-0.1, -0.05) is 41.5 Å². The number of sulfone groups is 1. The molecular formula is C33H71N5O3S2. The first-order valence-corrected chi connectivity index (χ1v) is 19.5. The van der Waals surface area contributed by atoms with Crippen LogP contribution in [0.5, 0.6) is 0 Å². The van der Waals surface area contributed by atoms with Crippen LogP contribution in [0.4, 0.5) is 0 Å². The zero-order valence-corrected chi connectivity index (χ0v) is 33.1. The summed E-state index contributed by atoms with van der Waals surface area (Å²) in [5.74, 6) is 4.68. The molecule has 10 heteroatoms. The lowest BCUT2D eigenvalue weighted by Crippen LogP contribution is -2.45. The van der Waals surface area contributed by atoms with Crippen molar-refractivity contribution >= 4 is 25.4 Å². The molecular weight excluding hydrogens is 579 g/mol. The Bertz CT molecular complexity index is 1030. The maximum atomic E-state index is 12.4. The van der Waals surface area contributed by atoms with Crippen LogP contribution in [0.15, 0.2) is 0 Å². The Morgan fingerprint density at radius 1 is 0.581 bits per heavy atom. The summed E-state index contributed by atoms with van der Waals surface area (Å²) in [6.45, 7) is 42.3. The summed E-state index contributed by atoms with van der Waals surface area (Å²) in [5, 5.41) is 3.35. The molecule has 0 saturated carbocycles. The van der Waals surface area contributed by atoms with Crippen LogP contribution >= 0.6 is 0 Å². The Morgan fingerprint density at radius 3 is 1.23 bits per heavy atom. The normalized spacial score (nSPS) is 28.8. The molecule has 0 amide bonds. The molecule has 0 aromatic rings. The molecule has 3 unspecified atom stereocenters. The Morgan fingerprint density at radius 2 is 1.02 bits per heavy atom. The fraction of sp³-hybridized carbons (Fsp3) is 0.970. The molecule has 258 valence electrons. The molecule has 8 nitrogen and oxygen atoms in total. The lowest BCUT2D eigenvalue weighted by atomic mass is 9.87. The molecule has 3 aliphatic heterocycles. The van der Waals surface area contributed by atoms with E-state index >= 15 is 0 Å². The highest BCUT2D eigenvalue weighted by Crippen LogP contribution is 2.35. The summed E-state index contributed by atoms with van der Waals surface area (Å²) in [6.07, 6.45) is 0. The zero-order chi connectivity index (χ0) is 34.4. The highest BCUT2D eigenvalue weighted by molar-refractivity contribution is 7.98. The van der Waals surface area contributed by atoms with Gasteiger partial charge in [0.15, 0.2) is 9.84 Å². The van der Waals surface area contributed by atoms with Gasteiger partial charge >= 0.3 is 0 Å². The van der Waals surface area contributed by atoms with Crippen LogP contribution in [0.2, 0.25) is 0 Å². The molecule has 3 aliphatic rings. The molecule has 0 bridgehead atoms. The topological polar surface area (TPSA) is 76.2 Å². The van der Waals surface area contributed by atoms with Crippen LogP contribution in [-0.4, -0.2) is 109 Å². The second kappa shape index (κ2) is 13.1. The van der Waals surface area contributed by atoms with Gasteiger partial charge in [-0.15, -0.1) is 0 Å². The maximum absolute atomic E-state index is 12.4. The Balaban J connectivity index is 0.000000324. The second-order valence-electron chi connectivity index (χ2n) is 19.0. The van der Waals surface area contributed by atoms with Crippen LogP contribution in [0.25, 0.3) is 0 Å². The SMILES string of the molecule is C=S1(=O)CN(C(C)(C)C)CN1C(C)(C)C.CC(C)(C)C1CN(C(C)(C)C)CN1.CC(C)(C)C1CN(C(C)(C)C)CS1(=O)=O. The van der Waals surface area contributed by atoms with Gasteiger partial charge in [-0.2, -0.15) is 0 Å². The predicted molar refractivity (Wildman–Crippen MR) is 189 cm³/mol. The smallest absolute Gasteiger partial charge is 0.168 e. The predicted octanol–water partition coefficient (Wildman–Crippen LogP) is 5.70. The third-order valence-electron chi connectivity index (χ3n) is 8.75. The van der Waals surface area contributed by atoms with Crippen molar-refractivity contribution in [3.63, 3.8) is 0 Å². The Labute approximate surface area is 268 Å². The van der Waals surface area contributed by atoms with Crippen LogP contribution < -0.4 is 5.32 Å².